The second-order valence-electron chi connectivity index (χ2n) is 5.85. The fourth-order valence-electron chi connectivity index (χ4n) is 2.35. The van der Waals surface area contributed by atoms with Gasteiger partial charge in [-0.3, -0.25) is 14.4 Å². The van der Waals surface area contributed by atoms with E-state index in [1.165, 1.54) is 30.5 Å². The van der Waals surface area contributed by atoms with Crippen LogP contribution in [0.25, 0.3) is 0 Å². The maximum atomic E-state index is 12.2. The Bertz CT molecular complexity index is 945. The van der Waals surface area contributed by atoms with E-state index in [-0.39, 0.29) is 23.1 Å². The van der Waals surface area contributed by atoms with E-state index >= 15 is 0 Å². The third-order valence-electron chi connectivity index (χ3n) is 3.63. The number of aromatic nitrogens is 1. The second-order valence-corrected chi connectivity index (χ2v) is 5.85. The lowest BCUT2D eigenvalue weighted by molar-refractivity contribution is -0.274. The number of hydrogen-bond donors (Lipinski definition) is 3. The summed E-state index contributed by atoms with van der Waals surface area (Å²) in [4.78, 5) is 31.4. The molecule has 0 saturated heterocycles. The Kier molecular flexibility index (Phi) is 6.06. The van der Waals surface area contributed by atoms with Gasteiger partial charge in [-0.1, -0.05) is 12.1 Å². The number of nitrogens with one attached hydrogen (secondary N) is 2. The molecule has 3 N–H and O–H groups in total. The van der Waals surface area contributed by atoms with Gasteiger partial charge >= 0.3 is 12.3 Å². The summed E-state index contributed by atoms with van der Waals surface area (Å²) in [6.07, 6.45) is -2.58. The van der Waals surface area contributed by atoms with Gasteiger partial charge < -0.3 is 19.9 Å². The maximum absolute atomic E-state index is 12.2. The van der Waals surface area contributed by atoms with E-state index in [4.69, 9.17) is 14.7 Å². The van der Waals surface area contributed by atoms with E-state index in [0.29, 0.717) is 5.56 Å². The van der Waals surface area contributed by atoms with Gasteiger partial charge in [-0.05, 0) is 29.8 Å². The number of amides is 1. The van der Waals surface area contributed by atoms with Crippen molar-refractivity contribution in [3.05, 3.63) is 65.8 Å². The molecule has 0 fully saturated rings. The lowest BCUT2D eigenvalue weighted by Gasteiger charge is -2.11. The first kappa shape index (κ1) is 20.9. The van der Waals surface area contributed by atoms with E-state index in [9.17, 15) is 22.8 Å². The second kappa shape index (κ2) is 8.69. The minimum atomic E-state index is -4.77. The lowest BCUT2D eigenvalue weighted by atomic mass is 10.1. The summed E-state index contributed by atoms with van der Waals surface area (Å²) in [6.45, 7) is -0.530. The van der Waals surface area contributed by atoms with Crippen molar-refractivity contribution in [1.82, 2.24) is 15.8 Å². The highest BCUT2D eigenvalue weighted by atomic mass is 19.4. The van der Waals surface area contributed by atoms with Crippen molar-refractivity contribution in [3.8, 4) is 11.5 Å². The lowest BCUT2D eigenvalue weighted by Crippen LogP contribution is -2.29. The molecule has 1 amide bonds. The molecule has 30 heavy (non-hydrogen) atoms. The number of carboxylic acid groups (broad SMARTS) is 1. The molecule has 158 valence electrons. The average Bonchev–Trinajstić information content (AvgIpc) is 3.14. The van der Waals surface area contributed by atoms with Crippen LogP contribution in [0.15, 0.2) is 54.6 Å². The Labute approximate surface area is 167 Å². The number of alkyl halides is 3. The quantitative estimate of drug-likeness (QED) is 0.618. The van der Waals surface area contributed by atoms with E-state index < -0.39 is 30.9 Å². The van der Waals surface area contributed by atoms with Gasteiger partial charge in [0.05, 0.1) is 6.20 Å². The zero-order valence-corrected chi connectivity index (χ0v) is 15.0. The summed E-state index contributed by atoms with van der Waals surface area (Å²) in [5.74, 6) is -1.71. The number of hydrogen-bond acceptors (Lipinski definition) is 7. The topological polar surface area (TPSA) is 119 Å². The molecular weight excluding hydrogens is 411 g/mol. The van der Waals surface area contributed by atoms with Crippen molar-refractivity contribution < 1.29 is 42.2 Å². The number of hydroxylamine groups is 1. The molecule has 0 spiro atoms. The van der Waals surface area contributed by atoms with Crippen LogP contribution < -0.4 is 20.3 Å². The predicted molar refractivity (Wildman–Crippen MR) is 93.0 cm³/mol. The fraction of sp³-hybridized carbons (Fsp3) is 0.167. The molecule has 2 heterocycles. The molecular formula is C18H14F3N3O6. The van der Waals surface area contributed by atoms with Crippen LogP contribution in [0.4, 0.5) is 13.2 Å². The van der Waals surface area contributed by atoms with Gasteiger partial charge in [0, 0.05) is 6.08 Å². The molecule has 1 aromatic carbocycles. The summed E-state index contributed by atoms with van der Waals surface area (Å²) in [7, 11) is 0. The first-order valence-electron chi connectivity index (χ1n) is 8.33. The normalized spacial score (nSPS) is 15.7. The summed E-state index contributed by atoms with van der Waals surface area (Å²) in [5.41, 5.74) is 3.09. The molecule has 12 heteroatoms. The average molecular weight is 425 g/mol. The number of benzene rings is 1. The summed E-state index contributed by atoms with van der Waals surface area (Å²) < 4.78 is 45.9. The van der Waals surface area contributed by atoms with Crippen LogP contribution in [0.1, 0.15) is 22.2 Å². The molecule has 9 nitrogen and oxygen atoms in total. The number of pyridine rings is 1. The number of ether oxygens (including phenoxy) is 2. The molecule has 1 aliphatic heterocycles. The molecule has 1 aliphatic rings. The highest BCUT2D eigenvalue weighted by Gasteiger charge is 2.31. The van der Waals surface area contributed by atoms with Crippen LogP contribution in [0, 0.1) is 0 Å². The van der Waals surface area contributed by atoms with Crippen LogP contribution in [0.3, 0.4) is 0 Å². The smallest absolute Gasteiger partial charge is 0.480 e. The monoisotopic (exact) mass is 425 g/mol. The predicted octanol–water partition coefficient (Wildman–Crippen LogP) is 2.29. The van der Waals surface area contributed by atoms with E-state index in [0.717, 1.165) is 12.1 Å². The zero-order chi connectivity index (χ0) is 21.7. The van der Waals surface area contributed by atoms with Crippen LogP contribution in [0.5, 0.6) is 11.5 Å². The molecule has 3 rings (SSSR count). The van der Waals surface area contributed by atoms with Crippen LogP contribution in [0.2, 0.25) is 0 Å². The summed E-state index contributed by atoms with van der Waals surface area (Å²) >= 11 is 0. The third kappa shape index (κ3) is 5.85. The number of rotatable bonds is 7. The van der Waals surface area contributed by atoms with Crippen molar-refractivity contribution in [3.63, 3.8) is 0 Å². The van der Waals surface area contributed by atoms with Crippen LogP contribution in [-0.4, -0.2) is 34.9 Å². The van der Waals surface area contributed by atoms with Gasteiger partial charge in [0.15, 0.2) is 0 Å². The van der Waals surface area contributed by atoms with Crippen LogP contribution >= 0.6 is 0 Å². The van der Waals surface area contributed by atoms with Gasteiger partial charge in [0.1, 0.15) is 29.8 Å². The van der Waals surface area contributed by atoms with E-state index in [1.54, 1.807) is 6.08 Å². The minimum absolute atomic E-state index is 0.00672. The van der Waals surface area contributed by atoms with Gasteiger partial charge in [-0.15, -0.1) is 13.2 Å². The highest BCUT2D eigenvalue weighted by Crippen LogP contribution is 2.28. The standard InChI is InChI=1S/C18H14F3N3O6/c19-18(20,21)29-11-3-1-10(2-4-11)14-7-15(24-30-14)28-12-5-6-13(22-8-12)17(27)23-9-16(25)26/h1-8,14,24H,9H2,(H,23,27)(H,25,26)/t14-/m0/s1. The largest absolute Gasteiger partial charge is 0.573 e. The molecule has 0 bridgehead atoms. The Morgan fingerprint density at radius 2 is 1.87 bits per heavy atom. The number of carboxylic acids is 1. The Morgan fingerprint density at radius 1 is 1.17 bits per heavy atom. The first-order valence-corrected chi connectivity index (χ1v) is 8.33. The Hall–Kier alpha value is -3.80. The number of halogens is 3. The number of carbonyl (C=O) groups is 2. The van der Waals surface area contributed by atoms with Gasteiger partial charge in [-0.25, -0.2) is 10.5 Å². The molecule has 2 aromatic rings. The number of nitrogens with zero attached hydrogens (tertiary/aromatic N) is 1. The summed E-state index contributed by atoms with van der Waals surface area (Å²) in [6, 6.07) is 7.95. The Balaban J connectivity index is 1.58. The van der Waals surface area contributed by atoms with Crippen molar-refractivity contribution >= 4 is 11.9 Å². The molecule has 0 aliphatic carbocycles. The van der Waals surface area contributed by atoms with E-state index in [2.05, 4.69) is 20.5 Å². The van der Waals surface area contributed by atoms with Gasteiger partial charge in [0.25, 0.3) is 5.91 Å². The van der Waals surface area contributed by atoms with Crippen molar-refractivity contribution in [2.45, 2.75) is 12.5 Å². The Morgan fingerprint density at radius 3 is 2.47 bits per heavy atom. The molecule has 1 atom stereocenters. The summed E-state index contributed by atoms with van der Waals surface area (Å²) in [5, 5.41) is 10.7. The third-order valence-corrected chi connectivity index (χ3v) is 3.63. The SMILES string of the molecule is O=C(O)CNC(=O)c1ccc(OC2=C[C@@H](c3ccc(OC(F)(F)F)cc3)ON2)cn1. The van der Waals surface area contributed by atoms with Crippen molar-refractivity contribution in [2.75, 3.05) is 6.54 Å². The van der Waals surface area contributed by atoms with Crippen molar-refractivity contribution in [2.24, 2.45) is 0 Å². The maximum Gasteiger partial charge on any atom is 0.573 e. The number of aliphatic carboxylic acids is 1. The zero-order valence-electron chi connectivity index (χ0n) is 15.0. The minimum Gasteiger partial charge on any atom is -0.480 e. The van der Waals surface area contributed by atoms with Crippen molar-refractivity contribution in [1.29, 1.82) is 0 Å². The van der Waals surface area contributed by atoms with Gasteiger partial charge in [-0.2, -0.15) is 0 Å². The molecule has 0 radical (unpaired) electrons. The van der Waals surface area contributed by atoms with Crippen LogP contribution in [-0.2, 0) is 9.63 Å². The molecule has 0 saturated carbocycles. The first-order chi connectivity index (χ1) is 14.2. The molecule has 0 unspecified atom stereocenters. The molecule has 1 aromatic heterocycles. The highest BCUT2D eigenvalue weighted by molar-refractivity contribution is 5.94. The fourth-order valence-corrected chi connectivity index (χ4v) is 2.35. The van der Waals surface area contributed by atoms with E-state index in [1.807, 2.05) is 0 Å². The number of carbonyl (C=O) groups excluding carboxylic acids is 1. The van der Waals surface area contributed by atoms with Gasteiger partial charge in [0.2, 0.25) is 5.88 Å².